The van der Waals surface area contributed by atoms with Gasteiger partial charge in [0.1, 0.15) is 12.4 Å². The van der Waals surface area contributed by atoms with Crippen LogP contribution in [0.25, 0.3) is 0 Å². The Labute approximate surface area is 189 Å². The number of amides is 1. The number of thiophene rings is 1. The van der Waals surface area contributed by atoms with Gasteiger partial charge >= 0.3 is 0 Å². The summed E-state index contributed by atoms with van der Waals surface area (Å²) in [6.45, 7) is 3.22. The number of nitrogens with zero attached hydrogens (tertiary/aromatic N) is 4. The second-order valence-corrected chi connectivity index (χ2v) is 9.43. The summed E-state index contributed by atoms with van der Waals surface area (Å²) in [7, 11) is 1.89. The van der Waals surface area contributed by atoms with E-state index < -0.39 is 0 Å². The maximum Gasteiger partial charge on any atom is 0.233 e. The fourth-order valence-corrected chi connectivity index (χ4v) is 5.49. The van der Waals surface area contributed by atoms with Crippen LogP contribution in [-0.2, 0) is 24.9 Å². The van der Waals surface area contributed by atoms with Gasteiger partial charge in [-0.2, -0.15) is 0 Å². The molecule has 0 N–H and O–H groups in total. The van der Waals surface area contributed by atoms with Crippen LogP contribution in [0.2, 0.25) is 5.02 Å². The number of ether oxygens (including phenoxy) is 1. The molecule has 0 saturated carbocycles. The average Bonchev–Trinajstić information content (AvgIpc) is 3.37. The van der Waals surface area contributed by atoms with Crippen LogP contribution in [-0.4, -0.2) is 37.9 Å². The van der Waals surface area contributed by atoms with Gasteiger partial charge in [0.05, 0.1) is 11.8 Å². The zero-order valence-corrected chi connectivity index (χ0v) is 19.3. The van der Waals surface area contributed by atoms with E-state index in [2.05, 4.69) is 28.6 Å². The molecular formula is C21H23ClN4O2S2. The highest BCUT2D eigenvalue weighted by molar-refractivity contribution is 7.99. The highest BCUT2D eigenvalue weighted by Crippen LogP contribution is 2.35. The van der Waals surface area contributed by atoms with Crippen molar-refractivity contribution in [1.29, 1.82) is 0 Å². The number of rotatable bonds is 7. The molecule has 158 valence electrons. The molecule has 4 rings (SSSR count). The lowest BCUT2D eigenvalue weighted by molar-refractivity contribution is -0.131. The zero-order chi connectivity index (χ0) is 21.1. The average molecular weight is 463 g/mol. The molecular weight excluding hydrogens is 440 g/mol. The van der Waals surface area contributed by atoms with Crippen LogP contribution in [0.5, 0.6) is 5.75 Å². The van der Waals surface area contributed by atoms with E-state index in [1.807, 2.05) is 28.6 Å². The van der Waals surface area contributed by atoms with Gasteiger partial charge in [-0.15, -0.1) is 21.5 Å². The zero-order valence-electron chi connectivity index (χ0n) is 16.9. The van der Waals surface area contributed by atoms with Gasteiger partial charge < -0.3 is 14.2 Å². The monoisotopic (exact) mass is 462 g/mol. The van der Waals surface area contributed by atoms with Crippen molar-refractivity contribution in [2.24, 2.45) is 7.05 Å². The second-order valence-electron chi connectivity index (χ2n) is 7.05. The molecule has 3 heterocycles. The van der Waals surface area contributed by atoms with Crippen molar-refractivity contribution in [3.8, 4) is 5.75 Å². The van der Waals surface area contributed by atoms with Crippen LogP contribution in [0, 0.1) is 0 Å². The first-order valence-electron chi connectivity index (χ1n) is 9.82. The summed E-state index contributed by atoms with van der Waals surface area (Å²) < 4.78 is 7.62. The topological polar surface area (TPSA) is 60.3 Å². The third-order valence-electron chi connectivity index (χ3n) is 5.23. The molecule has 9 heteroatoms. The van der Waals surface area contributed by atoms with E-state index in [0.717, 1.165) is 25.1 Å². The predicted molar refractivity (Wildman–Crippen MR) is 120 cm³/mol. The minimum Gasteiger partial charge on any atom is -0.486 e. The van der Waals surface area contributed by atoms with E-state index in [4.69, 9.17) is 16.3 Å². The van der Waals surface area contributed by atoms with Crippen molar-refractivity contribution in [3.63, 3.8) is 0 Å². The second kappa shape index (κ2) is 9.41. The van der Waals surface area contributed by atoms with Gasteiger partial charge in [-0.1, -0.05) is 30.3 Å². The SMILES string of the molecule is CCC1c2ccsc2CCN1C(=O)CSc1nnc(COc2ccc(Cl)cc2)n1C. The molecule has 30 heavy (non-hydrogen) atoms. The maximum absolute atomic E-state index is 12.9. The molecule has 1 aliphatic rings. The lowest BCUT2D eigenvalue weighted by Crippen LogP contribution is -2.40. The van der Waals surface area contributed by atoms with E-state index >= 15 is 0 Å². The summed E-state index contributed by atoms with van der Waals surface area (Å²) >= 11 is 9.11. The minimum atomic E-state index is 0.144. The van der Waals surface area contributed by atoms with Crippen LogP contribution in [0.3, 0.4) is 0 Å². The maximum atomic E-state index is 12.9. The molecule has 0 aliphatic carbocycles. The van der Waals surface area contributed by atoms with Crippen molar-refractivity contribution < 1.29 is 9.53 Å². The summed E-state index contributed by atoms with van der Waals surface area (Å²) in [5.41, 5.74) is 1.31. The normalized spacial score (nSPS) is 15.8. The number of carbonyl (C=O) groups is 1. The Morgan fingerprint density at radius 3 is 2.87 bits per heavy atom. The highest BCUT2D eigenvalue weighted by Gasteiger charge is 2.30. The van der Waals surface area contributed by atoms with Crippen LogP contribution >= 0.6 is 34.7 Å². The summed E-state index contributed by atoms with van der Waals surface area (Å²) in [4.78, 5) is 16.4. The van der Waals surface area contributed by atoms with Gasteiger partial charge in [0.15, 0.2) is 11.0 Å². The van der Waals surface area contributed by atoms with E-state index in [1.54, 1.807) is 23.5 Å². The van der Waals surface area contributed by atoms with Gasteiger partial charge in [0.2, 0.25) is 5.91 Å². The van der Waals surface area contributed by atoms with E-state index in [9.17, 15) is 4.79 Å². The van der Waals surface area contributed by atoms with Crippen molar-refractivity contribution >= 4 is 40.6 Å². The largest absolute Gasteiger partial charge is 0.486 e. The molecule has 1 aromatic carbocycles. The first-order valence-corrected chi connectivity index (χ1v) is 12.1. The Hall–Kier alpha value is -2.03. The van der Waals surface area contributed by atoms with Gasteiger partial charge in [0, 0.05) is 23.5 Å². The lowest BCUT2D eigenvalue weighted by atomic mass is 9.98. The number of benzene rings is 1. The first kappa shape index (κ1) is 21.2. The molecule has 0 saturated heterocycles. The van der Waals surface area contributed by atoms with Crippen molar-refractivity contribution in [1.82, 2.24) is 19.7 Å². The van der Waals surface area contributed by atoms with Crippen LogP contribution in [0.15, 0.2) is 40.9 Å². The first-order chi connectivity index (χ1) is 14.6. The molecule has 0 bridgehead atoms. The van der Waals surface area contributed by atoms with E-state index in [-0.39, 0.29) is 11.9 Å². The highest BCUT2D eigenvalue weighted by atomic mass is 35.5. The molecule has 2 aromatic heterocycles. The number of hydrogen-bond donors (Lipinski definition) is 0. The van der Waals surface area contributed by atoms with E-state index in [1.165, 1.54) is 22.2 Å². The third-order valence-corrected chi connectivity index (χ3v) is 7.49. The van der Waals surface area contributed by atoms with Crippen LogP contribution in [0.1, 0.15) is 35.7 Å². The summed E-state index contributed by atoms with van der Waals surface area (Å²) in [5.74, 6) is 1.91. The van der Waals surface area contributed by atoms with Crippen molar-refractivity contribution in [3.05, 3.63) is 57.0 Å². The molecule has 1 amide bonds. The van der Waals surface area contributed by atoms with Crippen LogP contribution in [0.4, 0.5) is 0 Å². The third kappa shape index (κ3) is 4.50. The number of halogens is 1. The lowest BCUT2D eigenvalue weighted by Gasteiger charge is -2.35. The van der Waals surface area contributed by atoms with Gasteiger partial charge in [0.25, 0.3) is 0 Å². The molecule has 1 unspecified atom stereocenters. The standard InChI is InChI=1S/C21H23ClN4O2S2/c1-3-17-16-9-11-29-18(16)8-10-26(17)20(27)13-30-21-24-23-19(25(21)2)12-28-15-6-4-14(22)5-7-15/h4-7,9,11,17H,3,8,10,12-13H2,1-2H3. The number of fused-ring (bicyclic) bond motifs is 1. The number of aromatic nitrogens is 3. The summed E-state index contributed by atoms with van der Waals surface area (Å²) in [5, 5.41) is 11.9. The fourth-order valence-electron chi connectivity index (χ4n) is 3.62. The quantitative estimate of drug-likeness (QED) is 0.475. The molecule has 0 fully saturated rings. The van der Waals surface area contributed by atoms with Gasteiger partial charge in [-0.05, 0) is 54.1 Å². The summed E-state index contributed by atoms with van der Waals surface area (Å²) in [6.07, 6.45) is 1.87. The Kier molecular flexibility index (Phi) is 6.65. The molecule has 1 aliphatic heterocycles. The van der Waals surface area contributed by atoms with Crippen molar-refractivity contribution in [2.45, 2.75) is 37.6 Å². The molecule has 0 spiro atoms. The minimum absolute atomic E-state index is 0.144. The van der Waals surface area contributed by atoms with Crippen molar-refractivity contribution in [2.75, 3.05) is 12.3 Å². The van der Waals surface area contributed by atoms with Crippen LogP contribution < -0.4 is 4.74 Å². The Morgan fingerprint density at radius 2 is 2.10 bits per heavy atom. The molecule has 1 atom stereocenters. The smallest absolute Gasteiger partial charge is 0.233 e. The fraction of sp³-hybridized carbons (Fsp3) is 0.381. The predicted octanol–water partition coefficient (Wildman–Crippen LogP) is 4.74. The summed E-state index contributed by atoms with van der Waals surface area (Å²) in [6, 6.07) is 9.53. The number of hydrogen-bond acceptors (Lipinski definition) is 6. The Morgan fingerprint density at radius 1 is 1.30 bits per heavy atom. The van der Waals surface area contributed by atoms with Gasteiger partial charge in [-0.25, -0.2) is 0 Å². The molecule has 0 radical (unpaired) electrons. The molecule has 6 nitrogen and oxygen atoms in total. The number of carbonyl (C=O) groups excluding carboxylic acids is 1. The van der Waals surface area contributed by atoms with Gasteiger partial charge in [-0.3, -0.25) is 4.79 Å². The molecule has 3 aromatic rings. The van der Waals surface area contributed by atoms with E-state index in [0.29, 0.717) is 28.4 Å². The Balaban J connectivity index is 1.35. The number of thioether (sulfide) groups is 1. The Bertz CT molecular complexity index is 1020.